The highest BCUT2D eigenvalue weighted by atomic mass is 35.5. The van der Waals surface area contributed by atoms with Crippen LogP contribution < -0.4 is 10.2 Å². The molecular formula is C29H31ClN2O2. The van der Waals surface area contributed by atoms with Gasteiger partial charge in [-0.2, -0.15) is 0 Å². The first kappa shape index (κ1) is 24.0. The van der Waals surface area contributed by atoms with Crippen LogP contribution >= 0.6 is 11.6 Å². The summed E-state index contributed by atoms with van der Waals surface area (Å²) in [4.78, 5) is 27.3. The third-order valence-electron chi connectivity index (χ3n) is 6.79. The molecule has 0 aliphatic carbocycles. The average molecular weight is 475 g/mol. The summed E-state index contributed by atoms with van der Waals surface area (Å²) in [6.07, 6.45) is 1.79. The third kappa shape index (κ3) is 4.74. The van der Waals surface area contributed by atoms with Crippen molar-refractivity contribution in [3.8, 4) is 0 Å². The Morgan fingerprint density at radius 2 is 1.65 bits per heavy atom. The summed E-state index contributed by atoms with van der Waals surface area (Å²) in [5.41, 5.74) is 4.28. The molecule has 34 heavy (non-hydrogen) atoms. The number of amides is 2. The van der Waals surface area contributed by atoms with Gasteiger partial charge in [0.1, 0.15) is 0 Å². The number of nitrogens with zero attached hydrogens (tertiary/aromatic N) is 1. The van der Waals surface area contributed by atoms with Crippen molar-refractivity contribution in [2.75, 3.05) is 10.2 Å². The SMILES string of the molecule is CC(=O)N1c2ccc(NC(=O)CCc3ccc(Cl)cc3)cc2C(C)(c2ccccc2)CC1(C)C. The van der Waals surface area contributed by atoms with E-state index in [-0.39, 0.29) is 22.8 Å². The van der Waals surface area contributed by atoms with E-state index in [1.807, 2.05) is 65.6 Å². The maximum Gasteiger partial charge on any atom is 0.224 e. The van der Waals surface area contributed by atoms with Crippen molar-refractivity contribution in [2.45, 2.75) is 57.9 Å². The Balaban J connectivity index is 1.65. The monoisotopic (exact) mass is 474 g/mol. The second-order valence-corrected chi connectivity index (χ2v) is 10.4. The number of aryl methyl sites for hydroxylation is 1. The van der Waals surface area contributed by atoms with Crippen LogP contribution in [-0.4, -0.2) is 17.4 Å². The number of rotatable bonds is 5. The molecule has 4 nitrogen and oxygen atoms in total. The van der Waals surface area contributed by atoms with E-state index in [4.69, 9.17) is 11.6 Å². The van der Waals surface area contributed by atoms with Crippen LogP contribution in [0.25, 0.3) is 0 Å². The van der Waals surface area contributed by atoms with Crippen LogP contribution in [0.3, 0.4) is 0 Å². The minimum absolute atomic E-state index is 0.0149. The lowest BCUT2D eigenvalue weighted by molar-refractivity contribution is -0.118. The average Bonchev–Trinajstić information content (AvgIpc) is 2.79. The fourth-order valence-corrected chi connectivity index (χ4v) is 5.53. The zero-order valence-electron chi connectivity index (χ0n) is 20.2. The zero-order valence-corrected chi connectivity index (χ0v) is 20.9. The summed E-state index contributed by atoms with van der Waals surface area (Å²) in [7, 11) is 0. The molecule has 1 N–H and O–H groups in total. The van der Waals surface area contributed by atoms with Gasteiger partial charge in [-0.05, 0) is 73.7 Å². The van der Waals surface area contributed by atoms with E-state index in [2.05, 4.69) is 38.2 Å². The van der Waals surface area contributed by atoms with Crippen molar-refractivity contribution in [3.63, 3.8) is 0 Å². The fourth-order valence-electron chi connectivity index (χ4n) is 5.41. The van der Waals surface area contributed by atoms with Crippen molar-refractivity contribution >= 4 is 34.8 Å². The molecule has 0 saturated heterocycles. The van der Waals surface area contributed by atoms with Crippen LogP contribution in [0.15, 0.2) is 72.8 Å². The molecule has 0 saturated carbocycles. The predicted octanol–water partition coefficient (Wildman–Crippen LogP) is 6.75. The van der Waals surface area contributed by atoms with Gasteiger partial charge in [-0.25, -0.2) is 0 Å². The van der Waals surface area contributed by atoms with E-state index in [9.17, 15) is 9.59 Å². The molecule has 0 spiro atoms. The standard InChI is InChI=1S/C29H31ClN2O2/c1-20(33)32-26-16-15-24(31-27(34)17-12-21-10-13-23(30)14-11-21)18-25(26)29(4,19-28(32,2)3)22-8-6-5-7-9-22/h5-11,13-16,18H,12,17,19H2,1-4H3,(H,31,34). The second-order valence-electron chi connectivity index (χ2n) is 9.95. The Bertz CT molecular complexity index is 1200. The summed E-state index contributed by atoms with van der Waals surface area (Å²) in [6.45, 7) is 8.08. The van der Waals surface area contributed by atoms with Gasteiger partial charge in [-0.3, -0.25) is 9.59 Å². The maximum atomic E-state index is 12.7. The summed E-state index contributed by atoms with van der Waals surface area (Å²) in [6, 6.07) is 23.8. The van der Waals surface area contributed by atoms with E-state index in [0.29, 0.717) is 17.9 Å². The van der Waals surface area contributed by atoms with Gasteiger partial charge >= 0.3 is 0 Å². The smallest absolute Gasteiger partial charge is 0.224 e. The lowest BCUT2D eigenvalue weighted by Crippen LogP contribution is -2.55. The topological polar surface area (TPSA) is 49.4 Å². The molecule has 0 aromatic heterocycles. The van der Waals surface area contributed by atoms with Crippen LogP contribution in [0, 0.1) is 0 Å². The molecule has 1 atom stereocenters. The predicted molar refractivity (Wildman–Crippen MR) is 140 cm³/mol. The molecule has 1 aliphatic rings. The minimum atomic E-state index is -0.354. The number of hydrogen-bond donors (Lipinski definition) is 1. The Morgan fingerprint density at radius 3 is 2.29 bits per heavy atom. The van der Waals surface area contributed by atoms with Gasteiger partial charge in [0.05, 0.1) is 0 Å². The fraction of sp³-hybridized carbons (Fsp3) is 0.310. The zero-order chi connectivity index (χ0) is 24.5. The number of nitrogens with one attached hydrogen (secondary N) is 1. The molecule has 3 aromatic carbocycles. The molecule has 5 heteroatoms. The van der Waals surface area contributed by atoms with E-state index in [1.165, 1.54) is 5.56 Å². The molecule has 1 aliphatic heterocycles. The van der Waals surface area contributed by atoms with Gasteiger partial charge < -0.3 is 10.2 Å². The largest absolute Gasteiger partial charge is 0.326 e. The summed E-state index contributed by atoms with van der Waals surface area (Å²) in [5.74, 6) is -0.0306. The molecule has 0 bridgehead atoms. The number of carbonyl (C=O) groups is 2. The highest BCUT2D eigenvalue weighted by molar-refractivity contribution is 6.30. The highest BCUT2D eigenvalue weighted by Crippen LogP contribution is 2.51. The highest BCUT2D eigenvalue weighted by Gasteiger charge is 2.47. The molecule has 176 valence electrons. The van der Waals surface area contributed by atoms with Crippen molar-refractivity contribution in [1.29, 1.82) is 0 Å². The lowest BCUT2D eigenvalue weighted by atomic mass is 9.65. The van der Waals surface area contributed by atoms with E-state index >= 15 is 0 Å². The number of carbonyl (C=O) groups excluding carboxylic acids is 2. The molecule has 1 unspecified atom stereocenters. The Morgan fingerprint density at radius 1 is 0.971 bits per heavy atom. The molecular weight excluding hydrogens is 444 g/mol. The van der Waals surface area contributed by atoms with Gasteiger partial charge in [0.15, 0.2) is 0 Å². The molecule has 2 amide bonds. The van der Waals surface area contributed by atoms with Crippen molar-refractivity contribution in [3.05, 3.63) is 94.5 Å². The Labute approximate surface area is 206 Å². The summed E-state index contributed by atoms with van der Waals surface area (Å²) < 4.78 is 0. The molecule has 1 heterocycles. The number of fused-ring (bicyclic) bond motifs is 1. The van der Waals surface area contributed by atoms with E-state index in [0.717, 1.165) is 28.9 Å². The van der Waals surface area contributed by atoms with Gasteiger partial charge in [-0.1, -0.05) is 61.0 Å². The number of benzene rings is 3. The first-order valence-electron chi connectivity index (χ1n) is 11.7. The van der Waals surface area contributed by atoms with Crippen LogP contribution in [0.1, 0.15) is 57.2 Å². The minimum Gasteiger partial charge on any atom is -0.326 e. The van der Waals surface area contributed by atoms with Crippen molar-refractivity contribution in [1.82, 2.24) is 0 Å². The number of hydrogen-bond acceptors (Lipinski definition) is 2. The molecule has 4 rings (SSSR count). The normalized spacial score (nSPS) is 18.8. The van der Waals surface area contributed by atoms with Gasteiger partial charge in [-0.15, -0.1) is 0 Å². The van der Waals surface area contributed by atoms with Crippen LogP contribution in [-0.2, 0) is 21.4 Å². The maximum absolute atomic E-state index is 12.7. The molecule has 3 aromatic rings. The Hall–Kier alpha value is -3.11. The van der Waals surface area contributed by atoms with E-state index < -0.39 is 0 Å². The number of halogens is 1. The van der Waals surface area contributed by atoms with Crippen LogP contribution in [0.5, 0.6) is 0 Å². The van der Waals surface area contributed by atoms with Gasteiger partial charge in [0, 0.05) is 40.7 Å². The van der Waals surface area contributed by atoms with Crippen LogP contribution in [0.2, 0.25) is 5.02 Å². The Kier molecular flexibility index (Phi) is 6.55. The first-order chi connectivity index (χ1) is 16.1. The summed E-state index contributed by atoms with van der Waals surface area (Å²) in [5, 5.41) is 3.75. The molecule has 0 radical (unpaired) electrons. The lowest BCUT2D eigenvalue weighted by Gasteiger charge is -2.51. The van der Waals surface area contributed by atoms with Crippen molar-refractivity contribution < 1.29 is 9.59 Å². The van der Waals surface area contributed by atoms with E-state index in [1.54, 1.807) is 6.92 Å². The number of anilines is 2. The van der Waals surface area contributed by atoms with Gasteiger partial charge in [0.25, 0.3) is 0 Å². The van der Waals surface area contributed by atoms with Crippen molar-refractivity contribution in [2.24, 2.45) is 0 Å². The second kappa shape index (κ2) is 9.27. The third-order valence-corrected chi connectivity index (χ3v) is 7.04. The van der Waals surface area contributed by atoms with Crippen LogP contribution in [0.4, 0.5) is 11.4 Å². The summed E-state index contributed by atoms with van der Waals surface area (Å²) >= 11 is 5.95. The van der Waals surface area contributed by atoms with Gasteiger partial charge in [0.2, 0.25) is 11.8 Å². The first-order valence-corrected chi connectivity index (χ1v) is 12.0. The molecule has 0 fully saturated rings. The quantitative estimate of drug-likeness (QED) is 0.444.